The molecule has 1 aliphatic carbocycles. The van der Waals surface area contributed by atoms with Gasteiger partial charge >= 0.3 is 0 Å². The van der Waals surface area contributed by atoms with E-state index in [-0.39, 0.29) is 0 Å². The van der Waals surface area contributed by atoms with Crippen molar-refractivity contribution >= 4 is 11.8 Å². The van der Waals surface area contributed by atoms with E-state index in [9.17, 15) is 0 Å². The molecule has 2 unspecified atom stereocenters. The van der Waals surface area contributed by atoms with Crippen LogP contribution in [0.1, 0.15) is 52.9 Å². The fourth-order valence-corrected chi connectivity index (χ4v) is 4.36. The van der Waals surface area contributed by atoms with E-state index in [0.717, 1.165) is 24.0 Å². The minimum Gasteiger partial charge on any atom is -0.396 e. The van der Waals surface area contributed by atoms with Gasteiger partial charge in [-0.3, -0.25) is 0 Å². The lowest BCUT2D eigenvalue weighted by Gasteiger charge is -2.44. The molecule has 3 heteroatoms. The van der Waals surface area contributed by atoms with Crippen LogP contribution in [0.2, 0.25) is 0 Å². The Bertz CT molecular complexity index is 208. The smallest absolute Gasteiger partial charge is 0.0438 e. The maximum atomic E-state index is 8.88. The normalized spacial score (nSPS) is 28.2. The van der Waals surface area contributed by atoms with Gasteiger partial charge in [0.15, 0.2) is 0 Å². The molecule has 0 aromatic rings. The second kappa shape index (κ2) is 7.65. The van der Waals surface area contributed by atoms with Crippen LogP contribution >= 0.6 is 11.8 Å². The van der Waals surface area contributed by atoms with Crippen molar-refractivity contribution < 1.29 is 5.11 Å². The van der Waals surface area contributed by atoms with Crippen LogP contribution in [0.3, 0.4) is 0 Å². The first kappa shape index (κ1) is 15.3. The predicted octanol–water partition coefficient (Wildman–Crippen LogP) is 3.05. The third-order valence-corrected chi connectivity index (χ3v) is 5.23. The van der Waals surface area contributed by atoms with Crippen LogP contribution in [0.4, 0.5) is 0 Å². The number of rotatable bonds is 7. The van der Waals surface area contributed by atoms with Gasteiger partial charge in [-0.2, -0.15) is 11.8 Å². The van der Waals surface area contributed by atoms with Crippen LogP contribution in [0.5, 0.6) is 0 Å². The van der Waals surface area contributed by atoms with Gasteiger partial charge in [-0.25, -0.2) is 0 Å². The number of hydrogen-bond donors (Lipinski definition) is 2. The molecule has 1 saturated carbocycles. The van der Waals surface area contributed by atoms with Crippen molar-refractivity contribution in [1.29, 1.82) is 0 Å². The van der Waals surface area contributed by atoms with Gasteiger partial charge < -0.3 is 10.4 Å². The van der Waals surface area contributed by atoms with E-state index in [2.05, 4.69) is 37.8 Å². The van der Waals surface area contributed by atoms with E-state index in [4.69, 9.17) is 5.11 Å². The Morgan fingerprint density at radius 3 is 2.82 bits per heavy atom. The van der Waals surface area contributed by atoms with Crippen LogP contribution < -0.4 is 5.32 Å². The molecule has 0 aromatic carbocycles. The molecule has 0 saturated heterocycles. The van der Waals surface area contributed by atoms with Crippen molar-refractivity contribution in [2.24, 2.45) is 5.41 Å². The van der Waals surface area contributed by atoms with Crippen LogP contribution in [0.25, 0.3) is 0 Å². The summed E-state index contributed by atoms with van der Waals surface area (Å²) in [6.07, 6.45) is 6.17. The lowest BCUT2D eigenvalue weighted by atomic mass is 9.73. The number of aliphatic hydroxyl groups is 1. The second-order valence-electron chi connectivity index (χ2n) is 5.80. The summed E-state index contributed by atoms with van der Waals surface area (Å²) in [7, 11) is 0. The Morgan fingerprint density at radius 1 is 1.41 bits per heavy atom. The van der Waals surface area contributed by atoms with Crippen LogP contribution in [-0.2, 0) is 0 Å². The summed E-state index contributed by atoms with van der Waals surface area (Å²) in [6, 6.07) is 0.639. The molecule has 17 heavy (non-hydrogen) atoms. The molecule has 0 aliphatic heterocycles. The Balaban J connectivity index is 2.51. The van der Waals surface area contributed by atoms with E-state index in [1.807, 2.05) is 0 Å². The molecular formula is C14H29NOS. The van der Waals surface area contributed by atoms with E-state index in [1.54, 1.807) is 0 Å². The second-order valence-corrected chi connectivity index (χ2v) is 7.15. The first-order valence-corrected chi connectivity index (χ1v) is 8.12. The van der Waals surface area contributed by atoms with Crippen molar-refractivity contribution in [1.82, 2.24) is 5.32 Å². The fourth-order valence-electron chi connectivity index (χ4n) is 2.77. The molecule has 1 fully saturated rings. The quantitative estimate of drug-likeness (QED) is 0.689. The number of nitrogens with one attached hydrogen (secondary N) is 1. The van der Waals surface area contributed by atoms with Crippen molar-refractivity contribution in [3.05, 3.63) is 0 Å². The molecule has 0 aromatic heterocycles. The first-order valence-electron chi connectivity index (χ1n) is 7.07. The Kier molecular flexibility index (Phi) is 6.90. The Hall–Kier alpha value is 0.270. The maximum Gasteiger partial charge on any atom is 0.0438 e. The monoisotopic (exact) mass is 259 g/mol. The highest BCUT2D eigenvalue weighted by atomic mass is 32.2. The van der Waals surface area contributed by atoms with Crippen LogP contribution in [-0.4, -0.2) is 35.3 Å². The standard InChI is InChI=1S/C14H29NOS/c1-4-9-15-13-12(17-11-6-10-16)7-5-8-14(13,2)3/h12-13,15-16H,4-11H2,1-3H3. The largest absolute Gasteiger partial charge is 0.396 e. The lowest BCUT2D eigenvalue weighted by molar-refractivity contribution is 0.175. The highest BCUT2D eigenvalue weighted by molar-refractivity contribution is 7.99. The number of aliphatic hydroxyl groups excluding tert-OH is 1. The van der Waals surface area contributed by atoms with Gasteiger partial charge in [-0.05, 0) is 43.4 Å². The molecule has 0 radical (unpaired) electrons. The number of hydrogen-bond acceptors (Lipinski definition) is 3. The van der Waals surface area contributed by atoms with Crippen molar-refractivity contribution in [3.63, 3.8) is 0 Å². The molecule has 0 spiro atoms. The molecule has 0 heterocycles. The van der Waals surface area contributed by atoms with Gasteiger partial charge in [0.25, 0.3) is 0 Å². The SMILES string of the molecule is CCCNC1C(SCCCO)CCCC1(C)C. The van der Waals surface area contributed by atoms with Gasteiger partial charge in [0.2, 0.25) is 0 Å². The van der Waals surface area contributed by atoms with Gasteiger partial charge in [0.1, 0.15) is 0 Å². The Morgan fingerprint density at radius 2 is 2.18 bits per heavy atom. The van der Waals surface area contributed by atoms with E-state index >= 15 is 0 Å². The minimum atomic E-state index is 0.330. The van der Waals surface area contributed by atoms with Crippen LogP contribution in [0.15, 0.2) is 0 Å². The average Bonchev–Trinajstić information content (AvgIpc) is 2.28. The molecule has 2 atom stereocenters. The zero-order valence-electron chi connectivity index (χ0n) is 11.7. The minimum absolute atomic E-state index is 0.330. The van der Waals surface area contributed by atoms with E-state index in [0.29, 0.717) is 18.1 Å². The summed E-state index contributed by atoms with van der Waals surface area (Å²) in [5.41, 5.74) is 0.421. The van der Waals surface area contributed by atoms with Crippen molar-refractivity contribution in [3.8, 4) is 0 Å². The van der Waals surface area contributed by atoms with E-state index in [1.165, 1.54) is 25.7 Å². The highest BCUT2D eigenvalue weighted by Gasteiger charge is 2.38. The number of thioether (sulfide) groups is 1. The van der Waals surface area contributed by atoms with Gasteiger partial charge in [-0.1, -0.05) is 27.2 Å². The molecule has 1 aliphatic rings. The van der Waals surface area contributed by atoms with Crippen molar-refractivity contribution in [2.75, 3.05) is 18.9 Å². The third kappa shape index (κ3) is 4.80. The van der Waals surface area contributed by atoms with Gasteiger partial charge in [0, 0.05) is 17.9 Å². The van der Waals surface area contributed by atoms with E-state index < -0.39 is 0 Å². The lowest BCUT2D eigenvalue weighted by Crippen LogP contribution is -2.51. The summed E-state index contributed by atoms with van der Waals surface area (Å²) in [4.78, 5) is 0. The van der Waals surface area contributed by atoms with Gasteiger partial charge in [-0.15, -0.1) is 0 Å². The molecule has 0 bridgehead atoms. The molecule has 2 N–H and O–H groups in total. The van der Waals surface area contributed by atoms with Crippen LogP contribution in [0, 0.1) is 5.41 Å². The summed E-state index contributed by atoms with van der Waals surface area (Å²) >= 11 is 2.06. The summed E-state index contributed by atoms with van der Waals surface area (Å²) in [5.74, 6) is 1.10. The van der Waals surface area contributed by atoms with Crippen molar-refractivity contribution in [2.45, 2.75) is 64.2 Å². The third-order valence-electron chi connectivity index (χ3n) is 3.77. The first-order chi connectivity index (χ1) is 8.11. The molecule has 1 rings (SSSR count). The van der Waals surface area contributed by atoms with Gasteiger partial charge in [0.05, 0.1) is 0 Å². The molecule has 102 valence electrons. The average molecular weight is 259 g/mol. The Labute approximate surface area is 111 Å². The molecular weight excluding hydrogens is 230 g/mol. The zero-order valence-corrected chi connectivity index (χ0v) is 12.5. The molecule has 2 nitrogen and oxygen atoms in total. The summed E-state index contributed by atoms with van der Waals surface area (Å²) in [5, 5.41) is 13.4. The summed E-state index contributed by atoms with van der Waals surface area (Å²) < 4.78 is 0. The zero-order chi connectivity index (χ0) is 12.7. The topological polar surface area (TPSA) is 32.3 Å². The maximum absolute atomic E-state index is 8.88. The highest BCUT2D eigenvalue weighted by Crippen LogP contribution is 2.40. The fraction of sp³-hybridized carbons (Fsp3) is 1.00. The predicted molar refractivity (Wildman–Crippen MR) is 77.7 cm³/mol. The molecule has 0 amide bonds. The summed E-state index contributed by atoms with van der Waals surface area (Å²) in [6.45, 7) is 8.50.